The first kappa shape index (κ1) is 17.2. The third kappa shape index (κ3) is 9.24. The lowest BCUT2D eigenvalue weighted by atomic mass is 10.2. The summed E-state index contributed by atoms with van der Waals surface area (Å²) in [5.74, 6) is -0.592. The first-order valence-electron chi connectivity index (χ1n) is 6.24. The molecule has 0 fully saturated rings. The molecule has 0 saturated heterocycles. The van der Waals surface area contributed by atoms with E-state index in [-0.39, 0.29) is 6.04 Å². The summed E-state index contributed by atoms with van der Waals surface area (Å²) < 4.78 is 15.8. The lowest BCUT2D eigenvalue weighted by molar-refractivity contribution is -0.197. The van der Waals surface area contributed by atoms with Crippen molar-refractivity contribution in [1.82, 2.24) is 5.32 Å². The van der Waals surface area contributed by atoms with E-state index in [1.54, 1.807) is 7.11 Å². The van der Waals surface area contributed by atoms with Crippen molar-refractivity contribution in [2.75, 3.05) is 13.7 Å². The molecule has 0 aliphatic carbocycles. The van der Waals surface area contributed by atoms with Gasteiger partial charge in [0.25, 0.3) is 0 Å². The summed E-state index contributed by atoms with van der Waals surface area (Å²) in [5.41, 5.74) is -0.474. The first-order valence-corrected chi connectivity index (χ1v) is 6.24. The van der Waals surface area contributed by atoms with Gasteiger partial charge in [-0.1, -0.05) is 0 Å². The number of nitrogens with one attached hydrogen (secondary N) is 1. The normalized spacial score (nSPS) is 14.2. The largest absolute Gasteiger partial charge is 0.444 e. The highest BCUT2D eigenvalue weighted by Crippen LogP contribution is 2.10. The summed E-state index contributed by atoms with van der Waals surface area (Å²) in [5, 5.41) is 2.76. The van der Waals surface area contributed by atoms with Crippen LogP contribution >= 0.6 is 0 Å². The Morgan fingerprint density at radius 1 is 1.22 bits per heavy atom. The van der Waals surface area contributed by atoms with Crippen LogP contribution in [0.2, 0.25) is 0 Å². The topological polar surface area (TPSA) is 56.8 Å². The molecule has 18 heavy (non-hydrogen) atoms. The zero-order valence-corrected chi connectivity index (χ0v) is 12.6. The number of amides is 1. The molecular formula is C13H27NO4. The van der Waals surface area contributed by atoms with E-state index in [9.17, 15) is 4.79 Å². The number of carbonyl (C=O) groups excluding carboxylic acids is 1. The highest BCUT2D eigenvalue weighted by Gasteiger charge is 2.19. The van der Waals surface area contributed by atoms with Crippen molar-refractivity contribution in [3.05, 3.63) is 0 Å². The molecule has 1 amide bonds. The molecule has 0 aromatic rings. The SMILES string of the molecule is COC(C)(C)OCCC(C)NC(=O)OC(C)(C)C. The van der Waals surface area contributed by atoms with E-state index in [1.807, 2.05) is 41.5 Å². The number of hydrogen-bond acceptors (Lipinski definition) is 4. The third-order valence-corrected chi connectivity index (χ3v) is 2.26. The van der Waals surface area contributed by atoms with Crippen LogP contribution in [0.4, 0.5) is 4.79 Å². The Balaban J connectivity index is 3.85. The van der Waals surface area contributed by atoms with Crippen molar-refractivity contribution in [1.29, 1.82) is 0 Å². The molecule has 1 atom stereocenters. The van der Waals surface area contributed by atoms with Gasteiger partial charge in [-0.15, -0.1) is 0 Å². The summed E-state index contributed by atoms with van der Waals surface area (Å²) in [6.45, 7) is 11.6. The second kappa shape index (κ2) is 6.95. The molecule has 5 heteroatoms. The van der Waals surface area contributed by atoms with E-state index in [0.29, 0.717) is 13.0 Å². The van der Waals surface area contributed by atoms with Crippen LogP contribution in [0.15, 0.2) is 0 Å². The zero-order chi connectivity index (χ0) is 14.4. The molecule has 0 heterocycles. The van der Waals surface area contributed by atoms with E-state index in [1.165, 1.54) is 0 Å². The maximum atomic E-state index is 11.5. The molecule has 0 spiro atoms. The monoisotopic (exact) mass is 261 g/mol. The minimum Gasteiger partial charge on any atom is -0.444 e. The minimum atomic E-state index is -0.592. The summed E-state index contributed by atoms with van der Waals surface area (Å²) in [6, 6.07) is -0.00694. The summed E-state index contributed by atoms with van der Waals surface area (Å²) in [7, 11) is 1.60. The molecule has 0 aliphatic rings. The lowest BCUT2D eigenvalue weighted by Gasteiger charge is -2.25. The van der Waals surface area contributed by atoms with Crippen molar-refractivity contribution in [2.24, 2.45) is 0 Å². The van der Waals surface area contributed by atoms with Gasteiger partial charge in [0.05, 0.1) is 6.61 Å². The second-order valence-corrected chi connectivity index (χ2v) is 5.79. The Kier molecular flexibility index (Phi) is 6.63. The van der Waals surface area contributed by atoms with Crippen LogP contribution in [0.5, 0.6) is 0 Å². The fourth-order valence-electron chi connectivity index (χ4n) is 1.12. The molecule has 0 aromatic carbocycles. The van der Waals surface area contributed by atoms with Crippen molar-refractivity contribution in [3.8, 4) is 0 Å². The Labute approximate surface area is 110 Å². The van der Waals surface area contributed by atoms with E-state index in [0.717, 1.165) is 0 Å². The highest BCUT2D eigenvalue weighted by atomic mass is 16.7. The maximum Gasteiger partial charge on any atom is 0.407 e. The van der Waals surface area contributed by atoms with Crippen LogP contribution in [0.25, 0.3) is 0 Å². The number of methoxy groups -OCH3 is 1. The maximum absolute atomic E-state index is 11.5. The molecule has 0 aliphatic heterocycles. The summed E-state index contributed by atoms with van der Waals surface area (Å²) >= 11 is 0. The molecule has 108 valence electrons. The molecule has 0 rings (SSSR count). The van der Waals surface area contributed by atoms with E-state index in [4.69, 9.17) is 14.2 Å². The predicted octanol–water partition coefficient (Wildman–Crippen LogP) is 2.69. The van der Waals surface area contributed by atoms with Crippen LogP contribution in [0.1, 0.15) is 48.0 Å². The summed E-state index contributed by atoms with van der Waals surface area (Å²) in [6.07, 6.45) is 0.299. The zero-order valence-electron chi connectivity index (χ0n) is 12.6. The second-order valence-electron chi connectivity index (χ2n) is 5.79. The molecule has 0 radical (unpaired) electrons. The van der Waals surface area contributed by atoms with Crippen LogP contribution in [0.3, 0.4) is 0 Å². The molecule has 1 N–H and O–H groups in total. The van der Waals surface area contributed by atoms with Crippen LogP contribution in [0, 0.1) is 0 Å². The Hall–Kier alpha value is -0.810. The number of alkyl carbamates (subject to hydrolysis) is 1. The van der Waals surface area contributed by atoms with Crippen LogP contribution in [-0.2, 0) is 14.2 Å². The van der Waals surface area contributed by atoms with Gasteiger partial charge >= 0.3 is 6.09 Å². The van der Waals surface area contributed by atoms with Gasteiger partial charge in [0.15, 0.2) is 5.79 Å². The molecule has 5 nitrogen and oxygen atoms in total. The van der Waals surface area contributed by atoms with Crippen LogP contribution in [-0.4, -0.2) is 37.2 Å². The quantitative estimate of drug-likeness (QED) is 0.747. The smallest absolute Gasteiger partial charge is 0.407 e. The van der Waals surface area contributed by atoms with E-state index < -0.39 is 17.5 Å². The molecule has 0 saturated carbocycles. The average Bonchev–Trinajstić information content (AvgIpc) is 2.13. The standard InChI is InChI=1S/C13H27NO4/c1-10(8-9-17-13(5,6)16-7)14-11(15)18-12(2,3)4/h10H,8-9H2,1-7H3,(H,14,15). The highest BCUT2D eigenvalue weighted by molar-refractivity contribution is 5.67. The predicted molar refractivity (Wildman–Crippen MR) is 70.5 cm³/mol. The molecule has 0 bridgehead atoms. The first-order chi connectivity index (χ1) is 8.06. The van der Waals surface area contributed by atoms with Crippen molar-refractivity contribution >= 4 is 6.09 Å². The number of rotatable bonds is 6. The number of carbonyl (C=O) groups is 1. The lowest BCUT2D eigenvalue weighted by Crippen LogP contribution is -2.38. The Morgan fingerprint density at radius 3 is 2.22 bits per heavy atom. The van der Waals surface area contributed by atoms with Gasteiger partial charge in [0.1, 0.15) is 5.60 Å². The van der Waals surface area contributed by atoms with Gasteiger partial charge in [-0.3, -0.25) is 0 Å². The van der Waals surface area contributed by atoms with Gasteiger partial charge in [0.2, 0.25) is 0 Å². The number of hydrogen-bond donors (Lipinski definition) is 1. The third-order valence-electron chi connectivity index (χ3n) is 2.26. The van der Waals surface area contributed by atoms with Gasteiger partial charge in [-0.2, -0.15) is 0 Å². The van der Waals surface area contributed by atoms with Crippen molar-refractivity contribution in [2.45, 2.75) is 65.4 Å². The number of ether oxygens (including phenoxy) is 3. The van der Waals surface area contributed by atoms with Crippen molar-refractivity contribution < 1.29 is 19.0 Å². The van der Waals surface area contributed by atoms with E-state index >= 15 is 0 Å². The Bertz CT molecular complexity index is 258. The van der Waals surface area contributed by atoms with Crippen LogP contribution < -0.4 is 5.32 Å². The van der Waals surface area contributed by atoms with Gasteiger partial charge in [-0.25, -0.2) is 4.79 Å². The molecule has 1 unspecified atom stereocenters. The van der Waals surface area contributed by atoms with Gasteiger partial charge in [0, 0.05) is 13.2 Å². The molecule has 0 aromatic heterocycles. The fourth-order valence-corrected chi connectivity index (χ4v) is 1.12. The van der Waals surface area contributed by atoms with E-state index in [2.05, 4.69) is 5.32 Å². The summed E-state index contributed by atoms with van der Waals surface area (Å²) in [4.78, 5) is 11.5. The van der Waals surface area contributed by atoms with Crippen molar-refractivity contribution in [3.63, 3.8) is 0 Å². The van der Waals surface area contributed by atoms with Gasteiger partial charge in [-0.05, 0) is 48.0 Å². The molecular weight excluding hydrogens is 234 g/mol. The minimum absolute atomic E-state index is 0.00694. The fraction of sp³-hybridized carbons (Fsp3) is 0.923. The average molecular weight is 261 g/mol. The Morgan fingerprint density at radius 2 is 1.78 bits per heavy atom. The van der Waals surface area contributed by atoms with Gasteiger partial charge < -0.3 is 19.5 Å².